The number of aryl methyl sites for hydroxylation is 1. The summed E-state index contributed by atoms with van der Waals surface area (Å²) in [6.07, 6.45) is 1.59. The van der Waals surface area contributed by atoms with Gasteiger partial charge in [0.25, 0.3) is 5.69 Å². The Bertz CT molecular complexity index is 622. The van der Waals surface area contributed by atoms with E-state index in [0.29, 0.717) is 22.8 Å². The molecule has 0 saturated carbocycles. The Morgan fingerprint density at radius 1 is 1.50 bits per heavy atom. The maximum atomic E-state index is 11.0. The van der Waals surface area contributed by atoms with E-state index in [-0.39, 0.29) is 11.7 Å². The summed E-state index contributed by atoms with van der Waals surface area (Å²) in [6, 6.07) is 5.03. The molecule has 1 N–H and O–H groups in total. The van der Waals surface area contributed by atoms with E-state index < -0.39 is 4.92 Å². The Hall–Kier alpha value is -2.21. The first-order valence-electron chi connectivity index (χ1n) is 6.47. The summed E-state index contributed by atoms with van der Waals surface area (Å²) >= 11 is 0. The van der Waals surface area contributed by atoms with Crippen molar-refractivity contribution in [2.24, 2.45) is 0 Å². The Balaban J connectivity index is 2.33. The Kier molecular flexibility index (Phi) is 4.14. The molecule has 0 bridgehead atoms. The number of benzene rings is 1. The van der Waals surface area contributed by atoms with E-state index in [4.69, 9.17) is 4.42 Å². The standard InChI is InChI=1S/C14H17N3O3/c1-4-15-10(3)14-16-8-13(20-14)11-6-5-9(2)12(7-11)17(18)19/h5-8,10,15H,4H2,1-3H3. The SMILES string of the molecule is CCNC(C)c1ncc(-c2ccc(C)c([N+](=O)[O-])c2)o1. The molecular weight excluding hydrogens is 258 g/mol. The minimum absolute atomic E-state index is 0.00850. The molecule has 106 valence electrons. The minimum Gasteiger partial charge on any atom is -0.439 e. The van der Waals surface area contributed by atoms with Gasteiger partial charge in [-0.15, -0.1) is 0 Å². The summed E-state index contributed by atoms with van der Waals surface area (Å²) < 4.78 is 5.66. The van der Waals surface area contributed by atoms with Gasteiger partial charge in [0, 0.05) is 17.2 Å². The van der Waals surface area contributed by atoms with Gasteiger partial charge in [-0.1, -0.05) is 19.1 Å². The van der Waals surface area contributed by atoms with Gasteiger partial charge in [-0.05, 0) is 20.4 Å². The first-order chi connectivity index (χ1) is 9.52. The van der Waals surface area contributed by atoms with Crippen molar-refractivity contribution in [2.45, 2.75) is 26.8 Å². The molecule has 0 radical (unpaired) electrons. The van der Waals surface area contributed by atoms with Gasteiger partial charge in [-0.25, -0.2) is 4.98 Å². The smallest absolute Gasteiger partial charge is 0.273 e. The highest BCUT2D eigenvalue weighted by Gasteiger charge is 2.16. The van der Waals surface area contributed by atoms with Gasteiger partial charge in [0.2, 0.25) is 5.89 Å². The van der Waals surface area contributed by atoms with Crippen LogP contribution in [0.1, 0.15) is 31.3 Å². The average Bonchev–Trinajstić information content (AvgIpc) is 2.89. The number of nitrogens with zero attached hydrogens (tertiary/aromatic N) is 2. The lowest BCUT2D eigenvalue weighted by Gasteiger charge is -2.06. The highest BCUT2D eigenvalue weighted by molar-refractivity contribution is 5.62. The molecule has 0 aliphatic rings. The zero-order valence-corrected chi connectivity index (χ0v) is 11.7. The van der Waals surface area contributed by atoms with E-state index in [2.05, 4.69) is 10.3 Å². The summed E-state index contributed by atoms with van der Waals surface area (Å²) in [5.74, 6) is 1.11. The number of nitrogens with one attached hydrogen (secondary N) is 1. The van der Waals surface area contributed by atoms with Crippen molar-refractivity contribution in [1.29, 1.82) is 0 Å². The van der Waals surface area contributed by atoms with Gasteiger partial charge in [-0.2, -0.15) is 0 Å². The van der Waals surface area contributed by atoms with E-state index in [9.17, 15) is 10.1 Å². The predicted molar refractivity (Wildman–Crippen MR) is 75.4 cm³/mol. The Morgan fingerprint density at radius 3 is 2.90 bits per heavy atom. The van der Waals surface area contributed by atoms with E-state index in [1.807, 2.05) is 13.8 Å². The topological polar surface area (TPSA) is 81.2 Å². The van der Waals surface area contributed by atoms with Crippen LogP contribution in [0.5, 0.6) is 0 Å². The summed E-state index contributed by atoms with van der Waals surface area (Å²) in [5, 5.41) is 14.2. The molecule has 0 aliphatic heterocycles. The third kappa shape index (κ3) is 2.85. The monoisotopic (exact) mass is 275 g/mol. The van der Waals surface area contributed by atoms with Gasteiger partial charge in [0.15, 0.2) is 5.76 Å². The molecule has 1 heterocycles. The Morgan fingerprint density at radius 2 is 2.25 bits per heavy atom. The van der Waals surface area contributed by atoms with Crippen LogP contribution in [0.15, 0.2) is 28.8 Å². The van der Waals surface area contributed by atoms with Crippen LogP contribution in [0.2, 0.25) is 0 Å². The van der Waals surface area contributed by atoms with Crippen LogP contribution in [0.3, 0.4) is 0 Å². The lowest BCUT2D eigenvalue weighted by atomic mass is 10.1. The molecule has 6 nitrogen and oxygen atoms in total. The maximum Gasteiger partial charge on any atom is 0.273 e. The fourth-order valence-electron chi connectivity index (χ4n) is 1.97. The second-order valence-corrected chi connectivity index (χ2v) is 4.60. The van der Waals surface area contributed by atoms with E-state index in [0.717, 1.165) is 6.54 Å². The lowest BCUT2D eigenvalue weighted by Crippen LogP contribution is -2.17. The molecule has 1 aromatic carbocycles. The lowest BCUT2D eigenvalue weighted by molar-refractivity contribution is -0.385. The number of nitro benzene ring substituents is 1. The van der Waals surface area contributed by atoms with Gasteiger partial charge in [-0.3, -0.25) is 10.1 Å². The van der Waals surface area contributed by atoms with E-state index in [1.54, 1.807) is 25.3 Å². The van der Waals surface area contributed by atoms with Crippen LogP contribution >= 0.6 is 0 Å². The van der Waals surface area contributed by atoms with E-state index >= 15 is 0 Å². The van der Waals surface area contributed by atoms with Crippen molar-refractivity contribution in [3.05, 3.63) is 46.0 Å². The highest BCUT2D eigenvalue weighted by atomic mass is 16.6. The molecule has 0 saturated heterocycles. The van der Waals surface area contributed by atoms with Crippen molar-refractivity contribution >= 4 is 5.69 Å². The van der Waals surface area contributed by atoms with Crippen molar-refractivity contribution < 1.29 is 9.34 Å². The quantitative estimate of drug-likeness (QED) is 0.669. The molecule has 6 heteroatoms. The average molecular weight is 275 g/mol. The molecule has 0 spiro atoms. The van der Waals surface area contributed by atoms with Crippen molar-refractivity contribution in [3.8, 4) is 11.3 Å². The fourth-order valence-corrected chi connectivity index (χ4v) is 1.97. The molecule has 2 rings (SSSR count). The molecule has 2 aromatic rings. The van der Waals surface area contributed by atoms with Crippen LogP contribution in [-0.4, -0.2) is 16.5 Å². The minimum atomic E-state index is -0.391. The number of nitro groups is 1. The first-order valence-corrected chi connectivity index (χ1v) is 6.47. The third-order valence-corrected chi connectivity index (χ3v) is 3.09. The number of hydrogen-bond acceptors (Lipinski definition) is 5. The van der Waals surface area contributed by atoms with Crippen LogP contribution < -0.4 is 5.32 Å². The van der Waals surface area contributed by atoms with Gasteiger partial charge < -0.3 is 9.73 Å². The van der Waals surface area contributed by atoms with Crippen molar-refractivity contribution in [3.63, 3.8) is 0 Å². The number of rotatable bonds is 5. The predicted octanol–water partition coefficient (Wildman–Crippen LogP) is 3.23. The molecule has 1 atom stereocenters. The van der Waals surface area contributed by atoms with Gasteiger partial charge in [0.1, 0.15) is 0 Å². The normalized spacial score (nSPS) is 12.3. The molecule has 1 aromatic heterocycles. The summed E-state index contributed by atoms with van der Waals surface area (Å²) in [6.45, 7) is 6.48. The number of aromatic nitrogens is 1. The third-order valence-electron chi connectivity index (χ3n) is 3.09. The number of hydrogen-bond donors (Lipinski definition) is 1. The van der Waals surface area contributed by atoms with Crippen LogP contribution in [0, 0.1) is 17.0 Å². The maximum absolute atomic E-state index is 11.0. The first kappa shape index (κ1) is 14.2. The largest absolute Gasteiger partial charge is 0.439 e. The molecule has 0 aliphatic carbocycles. The Labute approximate surface area is 117 Å². The molecule has 1 unspecified atom stereocenters. The van der Waals surface area contributed by atoms with Crippen molar-refractivity contribution in [1.82, 2.24) is 10.3 Å². The second-order valence-electron chi connectivity index (χ2n) is 4.60. The summed E-state index contributed by atoms with van der Waals surface area (Å²) in [7, 11) is 0. The molecular formula is C14H17N3O3. The van der Waals surface area contributed by atoms with Crippen LogP contribution in [-0.2, 0) is 0 Å². The second kappa shape index (κ2) is 5.83. The zero-order chi connectivity index (χ0) is 14.7. The van der Waals surface area contributed by atoms with Gasteiger partial charge >= 0.3 is 0 Å². The van der Waals surface area contributed by atoms with Crippen LogP contribution in [0.4, 0.5) is 5.69 Å². The highest BCUT2D eigenvalue weighted by Crippen LogP contribution is 2.28. The number of oxazole rings is 1. The molecule has 0 amide bonds. The van der Waals surface area contributed by atoms with Gasteiger partial charge in [0.05, 0.1) is 17.2 Å². The molecule has 0 fully saturated rings. The van der Waals surface area contributed by atoms with Crippen LogP contribution in [0.25, 0.3) is 11.3 Å². The fraction of sp³-hybridized carbons (Fsp3) is 0.357. The summed E-state index contributed by atoms with van der Waals surface area (Å²) in [4.78, 5) is 14.8. The van der Waals surface area contributed by atoms with E-state index in [1.165, 1.54) is 6.07 Å². The zero-order valence-electron chi connectivity index (χ0n) is 11.7. The summed E-state index contributed by atoms with van der Waals surface area (Å²) in [5.41, 5.74) is 1.37. The van der Waals surface area contributed by atoms with Crippen molar-refractivity contribution in [2.75, 3.05) is 6.54 Å². The molecule has 20 heavy (non-hydrogen) atoms.